The maximum Gasteiger partial charge on any atom is 0.255 e. The number of hydrogen-bond acceptors (Lipinski definition) is 6. The molecule has 7 heteroatoms. The third-order valence-electron chi connectivity index (χ3n) is 5.35. The summed E-state index contributed by atoms with van der Waals surface area (Å²) in [6, 6.07) is 17.1. The summed E-state index contributed by atoms with van der Waals surface area (Å²) in [6.45, 7) is 1.82. The third-order valence-corrected chi connectivity index (χ3v) is 5.35. The molecule has 0 saturated carbocycles. The minimum atomic E-state index is -0.319. The van der Waals surface area contributed by atoms with E-state index in [-0.39, 0.29) is 17.5 Å². The molecule has 0 aliphatic carbocycles. The van der Waals surface area contributed by atoms with Gasteiger partial charge in [-0.2, -0.15) is 0 Å². The summed E-state index contributed by atoms with van der Waals surface area (Å²) in [5.41, 5.74) is 2.68. The maximum atomic E-state index is 13.0. The van der Waals surface area contributed by atoms with E-state index in [1.807, 2.05) is 6.92 Å². The molecule has 0 unspecified atom stereocenters. The van der Waals surface area contributed by atoms with Gasteiger partial charge in [0, 0.05) is 33.8 Å². The first-order valence-corrected chi connectivity index (χ1v) is 10.2. The molecule has 0 saturated heterocycles. The summed E-state index contributed by atoms with van der Waals surface area (Å²) in [5.74, 6) is 1.31. The van der Waals surface area contributed by atoms with Gasteiger partial charge in [-0.15, -0.1) is 0 Å². The number of carbonyl (C=O) groups excluding carboxylic acids is 2. The Morgan fingerprint density at radius 1 is 0.788 bits per heavy atom. The zero-order chi connectivity index (χ0) is 23.5. The Labute approximate surface area is 190 Å². The van der Waals surface area contributed by atoms with E-state index in [0.29, 0.717) is 45.2 Å². The number of hydrogen-bond donors (Lipinski definition) is 1. The minimum absolute atomic E-state index is 0.239. The van der Waals surface area contributed by atoms with E-state index in [2.05, 4.69) is 5.32 Å². The number of rotatable bonds is 7. The maximum absolute atomic E-state index is 13.0. The van der Waals surface area contributed by atoms with Crippen molar-refractivity contribution in [3.63, 3.8) is 0 Å². The number of ketones is 1. The third kappa shape index (κ3) is 4.39. The van der Waals surface area contributed by atoms with Crippen LogP contribution in [-0.4, -0.2) is 33.0 Å². The van der Waals surface area contributed by atoms with E-state index < -0.39 is 0 Å². The molecule has 1 aromatic heterocycles. The number of amides is 1. The molecule has 3 aromatic carbocycles. The fraction of sp³-hybridized carbons (Fsp3) is 0.154. The summed E-state index contributed by atoms with van der Waals surface area (Å²) < 4.78 is 21.5. The van der Waals surface area contributed by atoms with Gasteiger partial charge in [-0.05, 0) is 49.4 Å². The molecule has 4 aromatic rings. The van der Waals surface area contributed by atoms with Crippen molar-refractivity contribution in [2.24, 2.45) is 0 Å². The predicted molar refractivity (Wildman–Crippen MR) is 125 cm³/mol. The molecular weight excluding hydrogens is 422 g/mol. The van der Waals surface area contributed by atoms with Crippen LogP contribution in [0, 0.1) is 6.92 Å². The summed E-state index contributed by atoms with van der Waals surface area (Å²) in [6.07, 6.45) is 0. The molecule has 0 spiro atoms. The summed E-state index contributed by atoms with van der Waals surface area (Å²) >= 11 is 0. The highest BCUT2D eigenvalue weighted by molar-refractivity contribution is 6.11. The highest BCUT2D eigenvalue weighted by Gasteiger charge is 2.20. The van der Waals surface area contributed by atoms with Crippen molar-refractivity contribution < 1.29 is 28.2 Å². The van der Waals surface area contributed by atoms with Crippen molar-refractivity contribution in [2.45, 2.75) is 6.92 Å². The van der Waals surface area contributed by atoms with Crippen molar-refractivity contribution in [3.05, 3.63) is 83.1 Å². The smallest absolute Gasteiger partial charge is 0.255 e. The van der Waals surface area contributed by atoms with Crippen LogP contribution in [0.4, 0.5) is 5.69 Å². The van der Waals surface area contributed by atoms with Gasteiger partial charge < -0.3 is 23.9 Å². The van der Waals surface area contributed by atoms with Crippen LogP contribution in [0.15, 0.2) is 65.1 Å². The normalized spacial score (nSPS) is 10.7. The summed E-state index contributed by atoms with van der Waals surface area (Å²) in [5, 5.41) is 3.61. The van der Waals surface area contributed by atoms with Gasteiger partial charge in [-0.25, -0.2) is 0 Å². The van der Waals surface area contributed by atoms with Gasteiger partial charge in [0.2, 0.25) is 5.78 Å². The summed E-state index contributed by atoms with van der Waals surface area (Å²) in [4.78, 5) is 25.8. The lowest BCUT2D eigenvalue weighted by Crippen LogP contribution is -2.12. The first-order valence-electron chi connectivity index (χ1n) is 10.2. The van der Waals surface area contributed by atoms with Crippen LogP contribution in [0.3, 0.4) is 0 Å². The Morgan fingerprint density at radius 3 is 2.12 bits per heavy atom. The van der Waals surface area contributed by atoms with Crippen molar-refractivity contribution >= 4 is 28.3 Å². The number of aryl methyl sites for hydroxylation is 1. The second-order valence-corrected chi connectivity index (χ2v) is 7.38. The quantitative estimate of drug-likeness (QED) is 0.391. The van der Waals surface area contributed by atoms with E-state index in [1.54, 1.807) is 67.8 Å². The lowest BCUT2D eigenvalue weighted by molar-refractivity contribution is 0.101. The Morgan fingerprint density at radius 2 is 1.45 bits per heavy atom. The molecule has 0 radical (unpaired) electrons. The van der Waals surface area contributed by atoms with Gasteiger partial charge in [0.15, 0.2) is 5.76 Å². The van der Waals surface area contributed by atoms with Crippen LogP contribution >= 0.6 is 0 Å². The fourth-order valence-electron chi connectivity index (χ4n) is 3.55. The minimum Gasteiger partial charge on any atom is -0.497 e. The topological polar surface area (TPSA) is 87.0 Å². The summed E-state index contributed by atoms with van der Waals surface area (Å²) in [7, 11) is 4.60. The highest BCUT2D eigenvalue weighted by Crippen LogP contribution is 2.30. The van der Waals surface area contributed by atoms with Crippen LogP contribution in [0.2, 0.25) is 0 Å². The number of furan rings is 1. The van der Waals surface area contributed by atoms with Gasteiger partial charge in [-0.3, -0.25) is 9.59 Å². The number of nitrogens with one attached hydrogen (secondary N) is 1. The molecule has 7 nitrogen and oxygen atoms in total. The Balaban J connectivity index is 1.63. The van der Waals surface area contributed by atoms with E-state index in [1.165, 1.54) is 14.2 Å². The van der Waals surface area contributed by atoms with Crippen LogP contribution in [0.1, 0.15) is 32.0 Å². The Hall–Kier alpha value is -4.26. The molecule has 33 heavy (non-hydrogen) atoms. The second kappa shape index (κ2) is 9.08. The monoisotopic (exact) mass is 445 g/mol. The van der Waals surface area contributed by atoms with Crippen LogP contribution in [0.5, 0.6) is 17.2 Å². The zero-order valence-corrected chi connectivity index (χ0v) is 18.7. The number of benzene rings is 3. The molecular formula is C26H23NO6. The molecule has 168 valence electrons. The van der Waals surface area contributed by atoms with Gasteiger partial charge >= 0.3 is 0 Å². The van der Waals surface area contributed by atoms with Crippen molar-refractivity contribution in [3.8, 4) is 17.2 Å². The molecule has 0 aliphatic rings. The van der Waals surface area contributed by atoms with Crippen LogP contribution < -0.4 is 19.5 Å². The lowest BCUT2D eigenvalue weighted by Gasteiger charge is -2.09. The number of methoxy groups -OCH3 is 3. The van der Waals surface area contributed by atoms with Crippen LogP contribution in [-0.2, 0) is 0 Å². The van der Waals surface area contributed by atoms with E-state index >= 15 is 0 Å². The molecule has 0 aliphatic heterocycles. The number of anilines is 1. The van der Waals surface area contributed by atoms with Gasteiger partial charge in [0.1, 0.15) is 22.8 Å². The average molecular weight is 445 g/mol. The van der Waals surface area contributed by atoms with Crippen molar-refractivity contribution in [2.75, 3.05) is 26.6 Å². The second-order valence-electron chi connectivity index (χ2n) is 7.38. The van der Waals surface area contributed by atoms with Gasteiger partial charge in [0.25, 0.3) is 5.91 Å². The number of carbonyl (C=O) groups is 2. The fourth-order valence-corrected chi connectivity index (χ4v) is 3.55. The molecule has 1 amide bonds. The van der Waals surface area contributed by atoms with Crippen LogP contribution in [0.25, 0.3) is 11.0 Å². The van der Waals surface area contributed by atoms with Crippen molar-refractivity contribution in [1.82, 2.24) is 0 Å². The van der Waals surface area contributed by atoms with Crippen molar-refractivity contribution in [1.29, 1.82) is 0 Å². The van der Waals surface area contributed by atoms with E-state index in [9.17, 15) is 9.59 Å². The molecule has 1 heterocycles. The number of fused-ring (bicyclic) bond motifs is 1. The first-order chi connectivity index (χ1) is 15.9. The Kier molecular flexibility index (Phi) is 6.04. The largest absolute Gasteiger partial charge is 0.497 e. The van der Waals surface area contributed by atoms with E-state index in [4.69, 9.17) is 18.6 Å². The average Bonchev–Trinajstić information content (AvgIpc) is 3.18. The number of ether oxygens (including phenoxy) is 3. The Bertz CT molecular complexity index is 1330. The SMILES string of the molecule is COc1cc(OC)cc(C(=O)Nc2ccc3oc(C(=O)c4cccc(OC)c4)c(C)c3c2)c1. The predicted octanol–water partition coefficient (Wildman–Crippen LogP) is 5.25. The molecule has 1 N–H and O–H groups in total. The van der Waals surface area contributed by atoms with Gasteiger partial charge in [-0.1, -0.05) is 12.1 Å². The molecule has 4 rings (SSSR count). The van der Waals surface area contributed by atoms with E-state index in [0.717, 1.165) is 5.39 Å². The standard InChI is InChI=1S/C26H23NO6/c1-15-22-13-18(27-26(29)17-11-20(31-3)14-21(12-17)32-4)8-9-23(22)33-25(15)24(28)16-6-5-7-19(10-16)30-2/h5-14H,1-4H3,(H,27,29). The first kappa shape index (κ1) is 22.0. The molecule has 0 fully saturated rings. The van der Waals surface area contributed by atoms with Gasteiger partial charge in [0.05, 0.1) is 21.3 Å². The molecule has 0 bridgehead atoms. The lowest BCUT2D eigenvalue weighted by atomic mass is 10.0. The highest BCUT2D eigenvalue weighted by atomic mass is 16.5. The molecule has 0 atom stereocenters. The zero-order valence-electron chi connectivity index (χ0n) is 18.7.